The van der Waals surface area contributed by atoms with Crippen LogP contribution in [0.2, 0.25) is 0 Å². The van der Waals surface area contributed by atoms with Crippen LogP contribution in [0.3, 0.4) is 0 Å². The minimum Gasteiger partial charge on any atom is -0.372 e. The fourth-order valence-electron chi connectivity index (χ4n) is 4.70. The van der Waals surface area contributed by atoms with Crippen LogP contribution >= 0.6 is 0 Å². The number of hydrogen-bond acceptors (Lipinski definition) is 3. The van der Waals surface area contributed by atoms with Gasteiger partial charge in [0.1, 0.15) is 0 Å². The van der Waals surface area contributed by atoms with Crippen molar-refractivity contribution in [1.82, 2.24) is 4.90 Å². The van der Waals surface area contributed by atoms with Crippen molar-refractivity contribution in [3.63, 3.8) is 0 Å². The number of likely N-dealkylation sites (tertiary alicyclic amines) is 1. The molecule has 0 saturated carbocycles. The number of nitriles is 1. The average Bonchev–Trinajstić information content (AvgIpc) is 2.64. The normalized spacial score (nSPS) is 21.4. The minimum absolute atomic E-state index is 0.177. The summed E-state index contributed by atoms with van der Waals surface area (Å²) in [5, 5.41) is 9.31. The fraction of sp³-hybridized carbons (Fsp3) is 0.696. The molecular weight excluding hydrogens is 318 g/mol. The molecule has 26 heavy (non-hydrogen) atoms. The van der Waals surface area contributed by atoms with E-state index in [1.807, 2.05) is 0 Å². The molecule has 142 valence electrons. The monoisotopic (exact) mass is 353 g/mol. The molecule has 0 aliphatic carbocycles. The zero-order valence-electron chi connectivity index (χ0n) is 16.9. The minimum atomic E-state index is 0.177. The summed E-state index contributed by atoms with van der Waals surface area (Å²) in [5.74, 6) is 0. The van der Waals surface area contributed by atoms with E-state index in [0.29, 0.717) is 6.42 Å². The summed E-state index contributed by atoms with van der Waals surface area (Å²) < 4.78 is 0. The van der Waals surface area contributed by atoms with Gasteiger partial charge in [-0.3, -0.25) is 4.90 Å². The van der Waals surface area contributed by atoms with Crippen LogP contribution in [0, 0.1) is 22.2 Å². The van der Waals surface area contributed by atoms with Crippen molar-refractivity contribution in [3.05, 3.63) is 29.8 Å². The van der Waals surface area contributed by atoms with Crippen molar-refractivity contribution >= 4 is 5.69 Å². The Morgan fingerprint density at radius 2 is 1.58 bits per heavy atom. The highest BCUT2D eigenvalue weighted by atomic mass is 15.1. The van der Waals surface area contributed by atoms with Crippen LogP contribution < -0.4 is 4.90 Å². The van der Waals surface area contributed by atoms with Gasteiger partial charge in [0.15, 0.2) is 0 Å². The molecule has 0 amide bonds. The van der Waals surface area contributed by atoms with E-state index in [1.54, 1.807) is 0 Å². The molecule has 1 aromatic rings. The molecule has 2 heterocycles. The standard InChI is InChI=1S/C23H35N3/c1-22(2,3)23(11-14-24)12-17-25(18-13-23)19-20-7-9-21(10-8-20)26-15-5-4-6-16-26/h7-10H,4-6,11-13,15-19H2,1-3H3. The van der Waals surface area contributed by atoms with Gasteiger partial charge < -0.3 is 4.90 Å². The van der Waals surface area contributed by atoms with E-state index in [9.17, 15) is 5.26 Å². The first-order valence-electron chi connectivity index (χ1n) is 10.4. The van der Waals surface area contributed by atoms with Crippen molar-refractivity contribution < 1.29 is 0 Å². The molecular formula is C23H35N3. The third-order valence-electron chi connectivity index (χ3n) is 6.89. The lowest BCUT2D eigenvalue weighted by molar-refractivity contribution is 0.00711. The Labute approximate surface area is 160 Å². The maximum absolute atomic E-state index is 9.31. The van der Waals surface area contributed by atoms with E-state index in [0.717, 1.165) is 32.5 Å². The molecule has 0 radical (unpaired) electrons. The van der Waals surface area contributed by atoms with Crippen LogP contribution in [0.5, 0.6) is 0 Å². The molecule has 0 bridgehead atoms. The third-order valence-corrected chi connectivity index (χ3v) is 6.89. The van der Waals surface area contributed by atoms with Crippen molar-refractivity contribution in [2.75, 3.05) is 31.1 Å². The third kappa shape index (κ3) is 4.23. The lowest BCUT2D eigenvalue weighted by Gasteiger charge is -2.49. The number of hydrogen-bond donors (Lipinski definition) is 0. The van der Waals surface area contributed by atoms with Gasteiger partial charge in [0.25, 0.3) is 0 Å². The van der Waals surface area contributed by atoms with Crippen LogP contribution in [-0.2, 0) is 6.54 Å². The zero-order valence-corrected chi connectivity index (χ0v) is 16.9. The van der Waals surface area contributed by atoms with Gasteiger partial charge in [-0.25, -0.2) is 0 Å². The quantitative estimate of drug-likeness (QED) is 0.743. The van der Waals surface area contributed by atoms with Crippen molar-refractivity contribution in [1.29, 1.82) is 5.26 Å². The van der Waals surface area contributed by atoms with E-state index in [2.05, 4.69) is 60.9 Å². The lowest BCUT2D eigenvalue weighted by atomic mass is 9.60. The topological polar surface area (TPSA) is 30.3 Å². The Morgan fingerprint density at radius 1 is 0.962 bits per heavy atom. The molecule has 0 spiro atoms. The van der Waals surface area contributed by atoms with Crippen LogP contribution in [0.4, 0.5) is 5.69 Å². The first-order chi connectivity index (χ1) is 12.4. The second-order valence-electron chi connectivity index (χ2n) is 9.36. The van der Waals surface area contributed by atoms with Crippen molar-refractivity contribution in [3.8, 4) is 6.07 Å². The SMILES string of the molecule is CC(C)(C)C1(CC#N)CCN(Cc2ccc(N3CCCCC3)cc2)CC1. The Bertz CT molecular complexity index is 606. The molecule has 2 aliphatic heterocycles. The summed E-state index contributed by atoms with van der Waals surface area (Å²) in [7, 11) is 0. The van der Waals surface area contributed by atoms with Crippen LogP contribution in [0.25, 0.3) is 0 Å². The van der Waals surface area contributed by atoms with E-state index in [-0.39, 0.29) is 10.8 Å². The lowest BCUT2D eigenvalue weighted by Crippen LogP contribution is -2.46. The number of piperidine rings is 2. The van der Waals surface area contributed by atoms with Gasteiger partial charge in [0.05, 0.1) is 6.07 Å². The summed E-state index contributed by atoms with van der Waals surface area (Å²) in [4.78, 5) is 5.09. The van der Waals surface area contributed by atoms with Crippen LogP contribution in [-0.4, -0.2) is 31.1 Å². The maximum Gasteiger partial charge on any atom is 0.0627 e. The zero-order chi connectivity index (χ0) is 18.6. The van der Waals surface area contributed by atoms with Gasteiger partial charge in [-0.2, -0.15) is 5.26 Å². The summed E-state index contributed by atoms with van der Waals surface area (Å²) in [6.07, 6.45) is 6.99. The van der Waals surface area contributed by atoms with Gasteiger partial charge in [-0.05, 0) is 73.7 Å². The number of rotatable bonds is 4. The molecule has 3 nitrogen and oxygen atoms in total. The average molecular weight is 354 g/mol. The first kappa shape index (κ1) is 19.2. The van der Waals surface area contributed by atoms with E-state index >= 15 is 0 Å². The highest BCUT2D eigenvalue weighted by Crippen LogP contribution is 2.49. The molecule has 2 fully saturated rings. The van der Waals surface area contributed by atoms with Gasteiger partial charge in [0, 0.05) is 31.7 Å². The molecule has 0 unspecified atom stereocenters. The second kappa shape index (κ2) is 8.01. The Morgan fingerprint density at radius 3 is 2.12 bits per heavy atom. The summed E-state index contributed by atoms with van der Waals surface area (Å²) in [6, 6.07) is 11.7. The summed E-state index contributed by atoms with van der Waals surface area (Å²) in [5.41, 5.74) is 3.17. The summed E-state index contributed by atoms with van der Waals surface area (Å²) in [6.45, 7) is 12.6. The number of benzene rings is 1. The molecule has 0 N–H and O–H groups in total. The Balaban J connectivity index is 1.56. The second-order valence-corrected chi connectivity index (χ2v) is 9.36. The first-order valence-corrected chi connectivity index (χ1v) is 10.4. The van der Waals surface area contributed by atoms with Gasteiger partial charge >= 0.3 is 0 Å². The van der Waals surface area contributed by atoms with E-state index in [1.165, 1.54) is 43.6 Å². The van der Waals surface area contributed by atoms with Crippen LogP contribution in [0.15, 0.2) is 24.3 Å². The van der Waals surface area contributed by atoms with Gasteiger partial charge in [-0.15, -0.1) is 0 Å². The summed E-state index contributed by atoms with van der Waals surface area (Å²) >= 11 is 0. The number of anilines is 1. The van der Waals surface area contributed by atoms with Gasteiger partial charge in [-0.1, -0.05) is 32.9 Å². The molecule has 3 heteroatoms. The predicted octanol–water partition coefficient (Wildman–Crippen LogP) is 5.22. The highest BCUT2D eigenvalue weighted by Gasteiger charge is 2.43. The van der Waals surface area contributed by atoms with Crippen molar-refractivity contribution in [2.45, 2.75) is 65.8 Å². The molecule has 2 aliphatic rings. The molecule has 2 saturated heterocycles. The smallest absolute Gasteiger partial charge is 0.0627 e. The Kier molecular flexibility index (Phi) is 5.92. The fourth-order valence-corrected chi connectivity index (χ4v) is 4.70. The molecule has 0 aromatic heterocycles. The van der Waals surface area contributed by atoms with Crippen LogP contribution in [0.1, 0.15) is 64.9 Å². The van der Waals surface area contributed by atoms with E-state index in [4.69, 9.17) is 0 Å². The Hall–Kier alpha value is -1.53. The molecule has 0 atom stereocenters. The predicted molar refractivity (Wildman–Crippen MR) is 109 cm³/mol. The largest absolute Gasteiger partial charge is 0.372 e. The molecule has 1 aromatic carbocycles. The maximum atomic E-state index is 9.31. The number of nitrogens with zero attached hydrogens (tertiary/aromatic N) is 3. The molecule has 3 rings (SSSR count). The van der Waals surface area contributed by atoms with Crippen molar-refractivity contribution in [2.24, 2.45) is 10.8 Å². The van der Waals surface area contributed by atoms with Gasteiger partial charge in [0.2, 0.25) is 0 Å². The van der Waals surface area contributed by atoms with E-state index < -0.39 is 0 Å². The highest BCUT2D eigenvalue weighted by molar-refractivity contribution is 5.47.